The van der Waals surface area contributed by atoms with Gasteiger partial charge in [-0.3, -0.25) is 9.59 Å². The van der Waals surface area contributed by atoms with Crippen LogP contribution in [0.2, 0.25) is 0 Å². The molecule has 20 heavy (non-hydrogen) atoms. The van der Waals surface area contributed by atoms with E-state index in [2.05, 4.69) is 11.4 Å². The molecule has 2 amide bonds. The first kappa shape index (κ1) is 12.9. The topological polar surface area (TPSA) is 72.2 Å². The fraction of sp³-hybridized carbons (Fsp3) is 0.375. The molecule has 1 unspecified atom stereocenters. The van der Waals surface area contributed by atoms with E-state index in [0.717, 1.165) is 17.6 Å². The minimum Gasteiger partial charge on any atom is -0.368 e. The number of carbonyl (C=O) groups is 2. The molecule has 0 heterocycles. The molecule has 0 saturated heterocycles. The van der Waals surface area contributed by atoms with Crippen molar-refractivity contribution in [3.63, 3.8) is 0 Å². The zero-order valence-corrected chi connectivity index (χ0v) is 11.9. The van der Waals surface area contributed by atoms with E-state index in [0.29, 0.717) is 5.57 Å². The van der Waals surface area contributed by atoms with Crippen LogP contribution in [0.5, 0.6) is 0 Å². The van der Waals surface area contributed by atoms with Gasteiger partial charge in [0.2, 0.25) is 5.91 Å². The Bertz CT molecular complexity index is 654. The number of allylic oxidation sites excluding steroid dienone is 6. The summed E-state index contributed by atoms with van der Waals surface area (Å²) in [5.74, 6) is -0.742. The quantitative estimate of drug-likeness (QED) is 0.816. The molecule has 1 atom stereocenters. The number of fused-ring (bicyclic) bond motifs is 2. The molecule has 1 saturated carbocycles. The number of hydrogen-bond acceptors (Lipinski definition) is 2. The molecule has 0 aromatic rings. The lowest BCUT2D eigenvalue weighted by Gasteiger charge is -2.28. The molecule has 0 radical (unpaired) electrons. The maximum absolute atomic E-state index is 12.4. The van der Waals surface area contributed by atoms with Crippen LogP contribution in [0.25, 0.3) is 0 Å². The molecule has 0 aromatic heterocycles. The number of carbonyl (C=O) groups excluding carboxylic acids is 2. The molecule has 104 valence electrons. The third-order valence-electron chi connectivity index (χ3n) is 3.94. The molecule has 4 heteroatoms. The second-order valence-corrected chi connectivity index (χ2v) is 6.57. The molecule has 1 fully saturated rings. The van der Waals surface area contributed by atoms with E-state index in [4.69, 9.17) is 5.73 Å². The van der Waals surface area contributed by atoms with Gasteiger partial charge < -0.3 is 11.1 Å². The van der Waals surface area contributed by atoms with Crippen LogP contribution in [0.15, 0.2) is 46.1 Å². The molecular formula is C16H18N2O2. The van der Waals surface area contributed by atoms with Gasteiger partial charge in [0.05, 0.1) is 0 Å². The number of nitrogens with one attached hydrogen (secondary N) is 1. The Morgan fingerprint density at radius 2 is 1.95 bits per heavy atom. The Morgan fingerprint density at radius 3 is 2.55 bits per heavy atom. The van der Waals surface area contributed by atoms with Crippen molar-refractivity contribution in [3.8, 4) is 0 Å². The second-order valence-electron chi connectivity index (χ2n) is 6.57. The van der Waals surface area contributed by atoms with Gasteiger partial charge in [0.15, 0.2) is 0 Å². The maximum Gasteiger partial charge on any atom is 0.252 e. The highest BCUT2D eigenvalue weighted by Gasteiger charge is 2.37. The SMILES string of the molecule is CC(C)(C)C(NC(=O)C1=C2C=C3CC3=C2C=C1)C(N)=O. The van der Waals surface area contributed by atoms with Gasteiger partial charge in [0.1, 0.15) is 6.04 Å². The van der Waals surface area contributed by atoms with Crippen molar-refractivity contribution in [3.05, 3.63) is 46.1 Å². The van der Waals surface area contributed by atoms with Crippen LogP contribution in [0, 0.1) is 5.41 Å². The van der Waals surface area contributed by atoms with Gasteiger partial charge >= 0.3 is 0 Å². The van der Waals surface area contributed by atoms with E-state index in [1.165, 1.54) is 11.1 Å². The Kier molecular flexibility index (Phi) is 2.55. The van der Waals surface area contributed by atoms with Gasteiger partial charge in [-0.1, -0.05) is 26.8 Å². The number of primary amides is 1. The fourth-order valence-electron chi connectivity index (χ4n) is 2.76. The van der Waals surface area contributed by atoms with Crippen molar-refractivity contribution < 1.29 is 9.59 Å². The average molecular weight is 270 g/mol. The third kappa shape index (κ3) is 1.92. The molecule has 0 bridgehead atoms. The smallest absolute Gasteiger partial charge is 0.252 e. The van der Waals surface area contributed by atoms with Gasteiger partial charge in [-0.15, -0.1) is 0 Å². The van der Waals surface area contributed by atoms with E-state index < -0.39 is 17.4 Å². The molecule has 4 nitrogen and oxygen atoms in total. The molecule has 0 aromatic carbocycles. The molecule has 3 aliphatic carbocycles. The van der Waals surface area contributed by atoms with Crippen LogP contribution in [-0.4, -0.2) is 17.9 Å². The van der Waals surface area contributed by atoms with Crippen LogP contribution < -0.4 is 11.1 Å². The summed E-state index contributed by atoms with van der Waals surface area (Å²) in [5.41, 5.74) is 10.4. The molecule has 3 aliphatic rings. The van der Waals surface area contributed by atoms with Crippen molar-refractivity contribution in [1.82, 2.24) is 5.32 Å². The molecular weight excluding hydrogens is 252 g/mol. The van der Waals surface area contributed by atoms with Gasteiger partial charge in [0.25, 0.3) is 5.91 Å². The largest absolute Gasteiger partial charge is 0.368 e. The first-order chi connectivity index (χ1) is 9.29. The van der Waals surface area contributed by atoms with Gasteiger partial charge in [-0.05, 0) is 46.3 Å². The fourth-order valence-corrected chi connectivity index (χ4v) is 2.76. The van der Waals surface area contributed by atoms with Crippen molar-refractivity contribution in [2.24, 2.45) is 11.1 Å². The Labute approximate surface area is 118 Å². The Balaban J connectivity index is 1.83. The van der Waals surface area contributed by atoms with Gasteiger partial charge in [0, 0.05) is 5.57 Å². The Hall–Kier alpha value is -2.10. The lowest BCUT2D eigenvalue weighted by Crippen LogP contribution is -2.52. The summed E-state index contributed by atoms with van der Waals surface area (Å²) in [6, 6.07) is -0.684. The van der Waals surface area contributed by atoms with E-state index >= 15 is 0 Å². The van der Waals surface area contributed by atoms with Crippen LogP contribution in [0.3, 0.4) is 0 Å². The first-order valence-corrected chi connectivity index (χ1v) is 6.76. The third-order valence-corrected chi connectivity index (χ3v) is 3.94. The summed E-state index contributed by atoms with van der Waals surface area (Å²) in [6.07, 6.45) is 6.91. The van der Waals surface area contributed by atoms with E-state index in [1.807, 2.05) is 32.9 Å². The Morgan fingerprint density at radius 1 is 1.25 bits per heavy atom. The minimum absolute atomic E-state index is 0.233. The predicted molar refractivity (Wildman–Crippen MR) is 76.5 cm³/mol. The lowest BCUT2D eigenvalue weighted by molar-refractivity contribution is -0.127. The number of hydrogen-bond donors (Lipinski definition) is 2. The van der Waals surface area contributed by atoms with Crippen molar-refractivity contribution in [2.45, 2.75) is 33.2 Å². The zero-order chi connectivity index (χ0) is 14.7. The summed E-state index contributed by atoms with van der Waals surface area (Å²) >= 11 is 0. The number of amides is 2. The zero-order valence-electron chi connectivity index (χ0n) is 11.9. The monoisotopic (exact) mass is 270 g/mol. The second kappa shape index (κ2) is 3.95. The van der Waals surface area contributed by atoms with Crippen molar-refractivity contribution in [2.75, 3.05) is 0 Å². The van der Waals surface area contributed by atoms with Crippen molar-refractivity contribution >= 4 is 11.8 Å². The van der Waals surface area contributed by atoms with E-state index in [1.54, 1.807) is 0 Å². The maximum atomic E-state index is 12.4. The molecule has 0 aliphatic heterocycles. The highest BCUT2D eigenvalue weighted by atomic mass is 16.2. The lowest BCUT2D eigenvalue weighted by atomic mass is 9.86. The van der Waals surface area contributed by atoms with Crippen LogP contribution in [-0.2, 0) is 9.59 Å². The molecule has 3 N–H and O–H groups in total. The number of nitrogens with two attached hydrogens (primary N) is 1. The molecule has 0 spiro atoms. The van der Waals surface area contributed by atoms with E-state index in [-0.39, 0.29) is 5.91 Å². The average Bonchev–Trinajstić information content (AvgIpc) is 2.81. The predicted octanol–water partition coefficient (Wildman–Crippen LogP) is 1.51. The summed E-state index contributed by atoms with van der Waals surface area (Å²) in [5, 5.41) is 2.77. The van der Waals surface area contributed by atoms with Crippen molar-refractivity contribution in [1.29, 1.82) is 0 Å². The highest BCUT2D eigenvalue weighted by Crippen LogP contribution is 2.51. The highest BCUT2D eigenvalue weighted by molar-refractivity contribution is 6.03. The van der Waals surface area contributed by atoms with Gasteiger partial charge in [-0.2, -0.15) is 0 Å². The molecule has 3 rings (SSSR count). The summed E-state index contributed by atoms with van der Waals surface area (Å²) in [6.45, 7) is 5.64. The van der Waals surface area contributed by atoms with Gasteiger partial charge in [-0.25, -0.2) is 0 Å². The minimum atomic E-state index is -0.684. The summed E-state index contributed by atoms with van der Waals surface area (Å²) < 4.78 is 0. The normalized spacial score (nSPS) is 20.6. The van der Waals surface area contributed by atoms with Crippen LogP contribution >= 0.6 is 0 Å². The summed E-state index contributed by atoms with van der Waals surface area (Å²) in [4.78, 5) is 23.9. The van der Waals surface area contributed by atoms with Crippen LogP contribution in [0.4, 0.5) is 0 Å². The van der Waals surface area contributed by atoms with Crippen LogP contribution in [0.1, 0.15) is 27.2 Å². The standard InChI is InChI=1S/C16H18N2O2/c1-16(2,3)13(14(17)19)18-15(20)10-5-4-9-11-6-8(11)7-12(9)10/h4-5,7,13H,6H2,1-3H3,(H2,17,19)(H,18,20). The first-order valence-electron chi connectivity index (χ1n) is 6.76. The van der Waals surface area contributed by atoms with E-state index in [9.17, 15) is 9.59 Å². The number of rotatable bonds is 3. The summed E-state index contributed by atoms with van der Waals surface area (Å²) in [7, 11) is 0.